The topological polar surface area (TPSA) is 73.2 Å². The number of amides is 2. The molecule has 2 aliphatic rings. The Morgan fingerprint density at radius 3 is 2.59 bits per heavy atom. The Balaban J connectivity index is 1.65. The lowest BCUT2D eigenvalue weighted by atomic mass is 9.84. The summed E-state index contributed by atoms with van der Waals surface area (Å²) in [5.41, 5.74) is 1.20. The number of hydrogen-bond acceptors (Lipinski definition) is 4. The minimum Gasteiger partial charge on any atom is -0.324 e. The van der Waals surface area contributed by atoms with E-state index >= 15 is 0 Å². The van der Waals surface area contributed by atoms with E-state index in [2.05, 4.69) is 5.32 Å². The molecule has 22 heavy (non-hydrogen) atoms. The third-order valence-corrected chi connectivity index (χ3v) is 5.22. The summed E-state index contributed by atoms with van der Waals surface area (Å²) in [5, 5.41) is 11.6. The summed E-state index contributed by atoms with van der Waals surface area (Å²) in [6.45, 7) is 0. The van der Waals surface area contributed by atoms with E-state index in [0.29, 0.717) is 22.9 Å². The number of nitrogens with zero attached hydrogens (tertiary/aromatic N) is 2. The fourth-order valence-corrected chi connectivity index (χ4v) is 3.78. The van der Waals surface area contributed by atoms with Gasteiger partial charge in [0.05, 0.1) is 17.5 Å². The van der Waals surface area contributed by atoms with Gasteiger partial charge in [-0.15, -0.1) is 11.8 Å². The Morgan fingerprint density at radius 2 is 2.00 bits per heavy atom. The van der Waals surface area contributed by atoms with Gasteiger partial charge in [0.2, 0.25) is 11.8 Å². The fraction of sp³-hybridized carbons (Fsp3) is 0.438. The molecule has 2 amide bonds. The van der Waals surface area contributed by atoms with Crippen molar-refractivity contribution in [3.8, 4) is 6.07 Å². The summed E-state index contributed by atoms with van der Waals surface area (Å²) < 4.78 is 0. The third-order valence-electron chi connectivity index (χ3n) is 4.20. The quantitative estimate of drug-likeness (QED) is 0.928. The number of benzene rings is 1. The van der Waals surface area contributed by atoms with Crippen molar-refractivity contribution in [2.45, 2.75) is 25.3 Å². The molecule has 0 unspecified atom stereocenters. The van der Waals surface area contributed by atoms with Crippen LogP contribution in [0.15, 0.2) is 24.3 Å². The molecule has 1 aliphatic heterocycles. The molecule has 114 valence electrons. The zero-order valence-electron chi connectivity index (χ0n) is 12.1. The molecule has 1 aromatic carbocycles. The number of hydrogen-bond donors (Lipinski definition) is 1. The Kier molecular flexibility index (Phi) is 4.34. The van der Waals surface area contributed by atoms with Gasteiger partial charge >= 0.3 is 0 Å². The van der Waals surface area contributed by atoms with Crippen molar-refractivity contribution in [3.63, 3.8) is 0 Å². The summed E-state index contributed by atoms with van der Waals surface area (Å²) in [6, 6.07) is 8.38. The number of thioether (sulfide) groups is 1. The predicted molar refractivity (Wildman–Crippen MR) is 85.1 cm³/mol. The van der Waals surface area contributed by atoms with Crippen LogP contribution in [0.1, 0.15) is 24.8 Å². The molecule has 1 heterocycles. The zero-order chi connectivity index (χ0) is 15.5. The first kappa shape index (κ1) is 14.9. The number of anilines is 1. The van der Waals surface area contributed by atoms with Crippen molar-refractivity contribution in [3.05, 3.63) is 29.8 Å². The van der Waals surface area contributed by atoms with E-state index in [1.165, 1.54) is 0 Å². The van der Waals surface area contributed by atoms with Gasteiger partial charge in [0.15, 0.2) is 0 Å². The predicted octanol–water partition coefficient (Wildman–Crippen LogP) is 2.20. The number of carbonyl (C=O) groups excluding carboxylic acids is 2. The fourth-order valence-electron chi connectivity index (χ4n) is 2.62. The number of carbonyl (C=O) groups is 2. The molecule has 1 saturated heterocycles. The lowest BCUT2D eigenvalue weighted by Crippen LogP contribution is -2.47. The number of nitrogens with one attached hydrogen (secondary N) is 1. The SMILES string of the molecule is N#Cc1ccc(NC(=O)[C@H]2CSCN2C(=O)C2CCC2)cc1. The van der Waals surface area contributed by atoms with Gasteiger partial charge in [-0.2, -0.15) is 5.26 Å². The molecule has 0 spiro atoms. The smallest absolute Gasteiger partial charge is 0.248 e. The summed E-state index contributed by atoms with van der Waals surface area (Å²) in [7, 11) is 0. The van der Waals surface area contributed by atoms with E-state index in [1.54, 1.807) is 40.9 Å². The van der Waals surface area contributed by atoms with Crippen LogP contribution in [0.5, 0.6) is 0 Å². The van der Waals surface area contributed by atoms with Crippen LogP contribution in [-0.4, -0.2) is 34.4 Å². The molecule has 2 fully saturated rings. The van der Waals surface area contributed by atoms with Gasteiger partial charge in [-0.1, -0.05) is 6.42 Å². The maximum atomic E-state index is 12.4. The van der Waals surface area contributed by atoms with Gasteiger partial charge < -0.3 is 10.2 Å². The summed E-state index contributed by atoms with van der Waals surface area (Å²) >= 11 is 1.62. The van der Waals surface area contributed by atoms with Gasteiger partial charge in [-0.05, 0) is 37.1 Å². The number of nitriles is 1. The standard InChI is InChI=1S/C16H17N3O2S/c17-8-11-4-6-13(7-5-11)18-15(20)14-9-22-10-19(14)16(21)12-2-1-3-12/h4-7,12,14H,1-3,9-10H2,(H,18,20)/t14-/m1/s1. The summed E-state index contributed by atoms with van der Waals surface area (Å²) in [5.74, 6) is 1.32. The van der Waals surface area contributed by atoms with E-state index in [9.17, 15) is 9.59 Å². The Morgan fingerprint density at radius 1 is 1.27 bits per heavy atom. The highest BCUT2D eigenvalue weighted by Crippen LogP contribution is 2.32. The van der Waals surface area contributed by atoms with Crippen molar-refractivity contribution in [1.82, 2.24) is 4.90 Å². The van der Waals surface area contributed by atoms with Crippen molar-refractivity contribution in [2.24, 2.45) is 5.92 Å². The van der Waals surface area contributed by atoms with Crippen LogP contribution in [0.3, 0.4) is 0 Å². The molecule has 6 heteroatoms. The van der Waals surface area contributed by atoms with Crippen LogP contribution in [0.25, 0.3) is 0 Å². The minimum atomic E-state index is -0.395. The lowest BCUT2D eigenvalue weighted by molar-refractivity contribution is -0.141. The van der Waals surface area contributed by atoms with Gasteiger partial charge in [0.1, 0.15) is 6.04 Å². The van der Waals surface area contributed by atoms with E-state index in [0.717, 1.165) is 19.3 Å². The molecule has 0 bridgehead atoms. The molecular weight excluding hydrogens is 298 g/mol. The van der Waals surface area contributed by atoms with Crippen molar-refractivity contribution >= 4 is 29.3 Å². The number of rotatable bonds is 3. The lowest BCUT2D eigenvalue weighted by Gasteiger charge is -2.31. The van der Waals surface area contributed by atoms with Crippen LogP contribution >= 0.6 is 11.8 Å². The molecule has 0 aromatic heterocycles. The molecular formula is C16H17N3O2S. The molecule has 5 nitrogen and oxygen atoms in total. The minimum absolute atomic E-state index is 0.115. The Bertz CT molecular complexity index is 619. The van der Waals surface area contributed by atoms with E-state index in [-0.39, 0.29) is 17.7 Å². The van der Waals surface area contributed by atoms with Crippen molar-refractivity contribution in [2.75, 3.05) is 16.9 Å². The first-order valence-corrected chi connectivity index (χ1v) is 8.54. The maximum Gasteiger partial charge on any atom is 0.248 e. The van der Waals surface area contributed by atoms with Crippen LogP contribution in [0.4, 0.5) is 5.69 Å². The van der Waals surface area contributed by atoms with Crippen LogP contribution in [-0.2, 0) is 9.59 Å². The summed E-state index contributed by atoms with van der Waals surface area (Å²) in [4.78, 5) is 26.5. The molecule has 0 radical (unpaired) electrons. The van der Waals surface area contributed by atoms with E-state index in [4.69, 9.17) is 5.26 Å². The normalized spacial score (nSPS) is 21.0. The molecule has 1 atom stereocenters. The van der Waals surface area contributed by atoms with Crippen molar-refractivity contribution < 1.29 is 9.59 Å². The van der Waals surface area contributed by atoms with Gasteiger partial charge in [0.25, 0.3) is 0 Å². The second-order valence-electron chi connectivity index (χ2n) is 5.63. The molecule has 1 aliphatic carbocycles. The highest BCUT2D eigenvalue weighted by Gasteiger charge is 2.39. The molecule has 3 rings (SSSR count). The van der Waals surface area contributed by atoms with Crippen LogP contribution in [0, 0.1) is 17.2 Å². The maximum absolute atomic E-state index is 12.4. The first-order valence-electron chi connectivity index (χ1n) is 7.38. The van der Waals surface area contributed by atoms with Crippen LogP contribution in [0.2, 0.25) is 0 Å². The van der Waals surface area contributed by atoms with E-state index < -0.39 is 6.04 Å². The average Bonchev–Trinajstić information content (AvgIpc) is 2.95. The molecule has 1 N–H and O–H groups in total. The van der Waals surface area contributed by atoms with Gasteiger partial charge in [0, 0.05) is 17.4 Å². The van der Waals surface area contributed by atoms with Crippen molar-refractivity contribution in [1.29, 1.82) is 5.26 Å². The second-order valence-corrected chi connectivity index (χ2v) is 6.63. The van der Waals surface area contributed by atoms with Gasteiger partial charge in [-0.3, -0.25) is 9.59 Å². The summed E-state index contributed by atoms with van der Waals surface area (Å²) in [6.07, 6.45) is 3.01. The largest absolute Gasteiger partial charge is 0.324 e. The Hall–Kier alpha value is -2.00. The van der Waals surface area contributed by atoms with Gasteiger partial charge in [-0.25, -0.2) is 0 Å². The van der Waals surface area contributed by atoms with Crippen LogP contribution < -0.4 is 5.32 Å². The molecule has 1 saturated carbocycles. The van der Waals surface area contributed by atoms with E-state index in [1.807, 2.05) is 6.07 Å². The highest BCUT2D eigenvalue weighted by molar-refractivity contribution is 7.99. The Labute approximate surface area is 133 Å². The highest BCUT2D eigenvalue weighted by atomic mass is 32.2. The molecule has 1 aromatic rings. The third kappa shape index (κ3) is 2.95. The first-order chi connectivity index (χ1) is 10.7. The zero-order valence-corrected chi connectivity index (χ0v) is 12.9. The second kappa shape index (κ2) is 6.41. The monoisotopic (exact) mass is 315 g/mol. The average molecular weight is 315 g/mol.